The lowest BCUT2D eigenvalue weighted by Crippen LogP contribution is -2.25. The van der Waals surface area contributed by atoms with Gasteiger partial charge in [0.1, 0.15) is 0 Å². The summed E-state index contributed by atoms with van der Waals surface area (Å²) in [6, 6.07) is 0. The Morgan fingerprint density at radius 2 is 1.69 bits per heavy atom. The van der Waals surface area contributed by atoms with E-state index in [4.69, 9.17) is 5.11 Å². The Balaban J connectivity index is 3.94. The van der Waals surface area contributed by atoms with Gasteiger partial charge in [0.15, 0.2) is 0 Å². The summed E-state index contributed by atoms with van der Waals surface area (Å²) in [5.74, 6) is 0. The van der Waals surface area contributed by atoms with Crippen molar-refractivity contribution in [2.45, 2.75) is 44.8 Å². The number of hydrogen-bond donors (Lipinski definition) is 3. The Kier molecular flexibility index (Phi) is 4.61. The molecule has 0 radical (unpaired) electrons. The number of rotatable bonds is 5. The maximum atomic E-state index is 9.62. The van der Waals surface area contributed by atoms with Crippen molar-refractivity contribution in [3.63, 3.8) is 0 Å². The summed E-state index contributed by atoms with van der Waals surface area (Å²) in [6.07, 6.45) is 4.16. The molecule has 3 heteroatoms. The fourth-order valence-corrected chi connectivity index (χ4v) is 0.944. The monoisotopic (exact) mass is 188 g/mol. The Bertz CT molecular complexity index is 165. The molecule has 0 saturated carbocycles. The smallest absolute Gasteiger partial charge is 0.0771 e. The SMILES string of the molecule is CC(C)(O)/C=C/CC(C)(O)CCO. The predicted octanol–water partition coefficient (Wildman–Crippen LogP) is 0.837. The molecule has 0 aliphatic heterocycles. The highest BCUT2D eigenvalue weighted by molar-refractivity contribution is 4.98. The van der Waals surface area contributed by atoms with Gasteiger partial charge in [-0.3, -0.25) is 0 Å². The van der Waals surface area contributed by atoms with Gasteiger partial charge < -0.3 is 15.3 Å². The molecule has 1 unspecified atom stereocenters. The molecule has 0 aliphatic carbocycles. The van der Waals surface area contributed by atoms with E-state index in [2.05, 4.69) is 0 Å². The fourth-order valence-electron chi connectivity index (χ4n) is 0.944. The van der Waals surface area contributed by atoms with Crippen LogP contribution in [0.3, 0.4) is 0 Å². The molecule has 0 amide bonds. The van der Waals surface area contributed by atoms with E-state index >= 15 is 0 Å². The fraction of sp³-hybridized carbons (Fsp3) is 0.800. The van der Waals surface area contributed by atoms with Gasteiger partial charge >= 0.3 is 0 Å². The molecule has 3 nitrogen and oxygen atoms in total. The van der Waals surface area contributed by atoms with Crippen LogP contribution in [0.4, 0.5) is 0 Å². The van der Waals surface area contributed by atoms with Crippen LogP contribution < -0.4 is 0 Å². The van der Waals surface area contributed by atoms with Crippen molar-refractivity contribution in [3.05, 3.63) is 12.2 Å². The van der Waals surface area contributed by atoms with Crippen LogP contribution in [0.2, 0.25) is 0 Å². The van der Waals surface area contributed by atoms with Crippen molar-refractivity contribution in [3.8, 4) is 0 Å². The standard InChI is InChI=1S/C10H20O3/c1-9(2,12)5-4-6-10(3,13)7-8-11/h4-5,11-13H,6-8H2,1-3H3/b5-4+. The quantitative estimate of drug-likeness (QED) is 0.560. The second-order valence-electron chi connectivity index (χ2n) is 4.23. The van der Waals surface area contributed by atoms with Gasteiger partial charge in [0.05, 0.1) is 11.2 Å². The van der Waals surface area contributed by atoms with Gasteiger partial charge in [-0.2, -0.15) is 0 Å². The molecule has 0 heterocycles. The molecule has 0 aliphatic rings. The highest BCUT2D eigenvalue weighted by Crippen LogP contribution is 2.15. The van der Waals surface area contributed by atoms with Gasteiger partial charge in [-0.05, 0) is 33.6 Å². The zero-order valence-electron chi connectivity index (χ0n) is 8.62. The third-order valence-corrected chi connectivity index (χ3v) is 1.73. The lowest BCUT2D eigenvalue weighted by Gasteiger charge is -2.20. The zero-order valence-corrected chi connectivity index (χ0v) is 8.62. The first-order valence-electron chi connectivity index (χ1n) is 4.50. The molecule has 13 heavy (non-hydrogen) atoms. The predicted molar refractivity (Wildman–Crippen MR) is 52.4 cm³/mol. The van der Waals surface area contributed by atoms with Gasteiger partial charge in [-0.25, -0.2) is 0 Å². The molecule has 0 rings (SSSR count). The minimum Gasteiger partial charge on any atom is -0.396 e. The molecule has 0 fully saturated rings. The lowest BCUT2D eigenvalue weighted by molar-refractivity contribution is 0.0358. The van der Waals surface area contributed by atoms with Crippen molar-refractivity contribution >= 4 is 0 Å². The van der Waals surface area contributed by atoms with Crippen molar-refractivity contribution < 1.29 is 15.3 Å². The van der Waals surface area contributed by atoms with Crippen LogP contribution in [-0.2, 0) is 0 Å². The summed E-state index contributed by atoms with van der Waals surface area (Å²) in [6.45, 7) is 4.98. The number of aliphatic hydroxyl groups excluding tert-OH is 1. The summed E-state index contributed by atoms with van der Waals surface area (Å²) >= 11 is 0. The minimum atomic E-state index is -0.878. The Morgan fingerprint density at radius 1 is 1.15 bits per heavy atom. The van der Waals surface area contributed by atoms with E-state index < -0.39 is 11.2 Å². The normalized spacial score (nSPS) is 17.7. The summed E-state index contributed by atoms with van der Waals surface area (Å²) in [5.41, 5.74) is -1.72. The molecule has 3 N–H and O–H groups in total. The Hall–Kier alpha value is -0.380. The molecule has 0 saturated heterocycles. The average molecular weight is 188 g/mol. The molecule has 0 aromatic heterocycles. The first kappa shape index (κ1) is 12.6. The second-order valence-corrected chi connectivity index (χ2v) is 4.23. The molecular weight excluding hydrogens is 168 g/mol. The number of aliphatic hydroxyl groups is 3. The highest BCUT2D eigenvalue weighted by Gasteiger charge is 2.17. The summed E-state index contributed by atoms with van der Waals surface area (Å²) in [7, 11) is 0. The van der Waals surface area contributed by atoms with Crippen LogP contribution in [0.15, 0.2) is 12.2 Å². The van der Waals surface area contributed by atoms with Crippen LogP contribution in [0, 0.1) is 0 Å². The van der Waals surface area contributed by atoms with E-state index in [1.54, 1.807) is 32.9 Å². The van der Waals surface area contributed by atoms with Crippen LogP contribution >= 0.6 is 0 Å². The second kappa shape index (κ2) is 4.74. The zero-order chi connectivity index (χ0) is 10.5. The Labute approximate surface area is 79.7 Å². The molecule has 0 spiro atoms. The topological polar surface area (TPSA) is 60.7 Å². The van der Waals surface area contributed by atoms with Gasteiger partial charge in [0.2, 0.25) is 0 Å². The summed E-state index contributed by atoms with van der Waals surface area (Å²) < 4.78 is 0. The average Bonchev–Trinajstić information content (AvgIpc) is 1.82. The maximum absolute atomic E-state index is 9.62. The van der Waals surface area contributed by atoms with E-state index in [0.29, 0.717) is 12.8 Å². The molecule has 0 aromatic rings. The Morgan fingerprint density at radius 3 is 2.08 bits per heavy atom. The van der Waals surface area contributed by atoms with Gasteiger partial charge in [-0.1, -0.05) is 12.2 Å². The van der Waals surface area contributed by atoms with E-state index in [1.165, 1.54) is 0 Å². The van der Waals surface area contributed by atoms with Crippen molar-refractivity contribution in [2.24, 2.45) is 0 Å². The van der Waals surface area contributed by atoms with E-state index in [0.717, 1.165) is 0 Å². The molecule has 1 atom stereocenters. The maximum Gasteiger partial charge on any atom is 0.0771 e. The largest absolute Gasteiger partial charge is 0.396 e. The van der Waals surface area contributed by atoms with Crippen molar-refractivity contribution in [1.82, 2.24) is 0 Å². The summed E-state index contributed by atoms with van der Waals surface area (Å²) in [4.78, 5) is 0. The third kappa shape index (κ3) is 7.96. The van der Waals surface area contributed by atoms with Gasteiger partial charge in [0.25, 0.3) is 0 Å². The van der Waals surface area contributed by atoms with Crippen LogP contribution in [0.5, 0.6) is 0 Å². The molecule has 0 bridgehead atoms. The third-order valence-electron chi connectivity index (χ3n) is 1.73. The van der Waals surface area contributed by atoms with Crippen molar-refractivity contribution in [1.29, 1.82) is 0 Å². The van der Waals surface area contributed by atoms with E-state index in [1.807, 2.05) is 0 Å². The highest BCUT2D eigenvalue weighted by atomic mass is 16.3. The van der Waals surface area contributed by atoms with Gasteiger partial charge in [-0.15, -0.1) is 0 Å². The lowest BCUT2D eigenvalue weighted by atomic mass is 9.97. The first-order valence-corrected chi connectivity index (χ1v) is 4.50. The van der Waals surface area contributed by atoms with E-state index in [9.17, 15) is 10.2 Å². The molecule has 0 aromatic carbocycles. The minimum absolute atomic E-state index is 0.0244. The van der Waals surface area contributed by atoms with Crippen LogP contribution in [-0.4, -0.2) is 33.1 Å². The van der Waals surface area contributed by atoms with Crippen LogP contribution in [0.25, 0.3) is 0 Å². The first-order chi connectivity index (χ1) is 5.77. The summed E-state index contributed by atoms with van der Waals surface area (Å²) in [5, 5.41) is 27.6. The number of hydrogen-bond acceptors (Lipinski definition) is 3. The van der Waals surface area contributed by atoms with Gasteiger partial charge in [0, 0.05) is 6.61 Å². The van der Waals surface area contributed by atoms with E-state index in [-0.39, 0.29) is 6.61 Å². The van der Waals surface area contributed by atoms with Crippen molar-refractivity contribution in [2.75, 3.05) is 6.61 Å². The molecule has 78 valence electrons. The molecular formula is C10H20O3. The van der Waals surface area contributed by atoms with Crippen LogP contribution in [0.1, 0.15) is 33.6 Å².